The van der Waals surface area contributed by atoms with Crippen LogP contribution < -0.4 is 11.5 Å². The van der Waals surface area contributed by atoms with Gasteiger partial charge in [0.2, 0.25) is 5.00 Å². The summed E-state index contributed by atoms with van der Waals surface area (Å²) in [7, 11) is 0. The fourth-order valence-corrected chi connectivity index (χ4v) is 0.981. The molecule has 0 spiro atoms. The van der Waals surface area contributed by atoms with Crippen LogP contribution in [-0.2, 0) is 16.1 Å². The van der Waals surface area contributed by atoms with Crippen molar-refractivity contribution in [2.45, 2.75) is 11.6 Å². The van der Waals surface area contributed by atoms with Gasteiger partial charge in [-0.15, -0.1) is 0 Å². The van der Waals surface area contributed by atoms with E-state index in [1.807, 2.05) is 30.3 Å². The molecule has 0 fully saturated rings. The highest BCUT2D eigenvalue weighted by Gasteiger charge is 2.31. The van der Waals surface area contributed by atoms with Gasteiger partial charge < -0.3 is 16.2 Å². The maximum Gasteiger partial charge on any atom is 0.343 e. The first-order valence-corrected chi connectivity index (χ1v) is 4.83. The van der Waals surface area contributed by atoms with Crippen LogP contribution in [0.3, 0.4) is 0 Å². The number of ether oxygens (including phenoxy) is 1. The first kappa shape index (κ1) is 12.0. The number of hydrogen-bond acceptors (Lipinski definition) is 4. The Bertz CT molecular complexity index is 327. The van der Waals surface area contributed by atoms with Gasteiger partial charge in [-0.3, -0.25) is 0 Å². The Labute approximate surface area is 93.1 Å². The van der Waals surface area contributed by atoms with Crippen molar-refractivity contribution in [2.24, 2.45) is 11.5 Å². The Balaban J connectivity index is 2.48. The van der Waals surface area contributed by atoms with Gasteiger partial charge in [0.15, 0.2) is 0 Å². The third kappa shape index (κ3) is 3.51. The van der Waals surface area contributed by atoms with Gasteiger partial charge in [0.1, 0.15) is 6.61 Å². The van der Waals surface area contributed by atoms with Gasteiger partial charge in [0.05, 0.1) is 0 Å². The quantitative estimate of drug-likeness (QED) is 0.449. The van der Waals surface area contributed by atoms with Crippen molar-refractivity contribution in [1.82, 2.24) is 0 Å². The monoisotopic (exact) mass is 228 g/mol. The molecule has 82 valence electrons. The second kappa shape index (κ2) is 5.11. The van der Waals surface area contributed by atoms with Crippen LogP contribution in [0, 0.1) is 0 Å². The van der Waals surface area contributed by atoms with Crippen molar-refractivity contribution in [1.29, 1.82) is 0 Å². The molecule has 0 aliphatic rings. The van der Waals surface area contributed by atoms with Crippen LogP contribution in [0.5, 0.6) is 0 Å². The molecular weight excluding hydrogens is 216 g/mol. The van der Waals surface area contributed by atoms with E-state index >= 15 is 0 Å². The number of benzene rings is 1. The SMILES string of the molecule is NCC(N)(Cl)C(=O)OCc1ccccc1. The van der Waals surface area contributed by atoms with Crippen molar-refractivity contribution in [3.05, 3.63) is 35.9 Å². The molecule has 15 heavy (non-hydrogen) atoms. The number of esters is 1. The molecule has 4 N–H and O–H groups in total. The van der Waals surface area contributed by atoms with Crippen molar-refractivity contribution in [2.75, 3.05) is 6.54 Å². The maximum absolute atomic E-state index is 11.3. The lowest BCUT2D eigenvalue weighted by atomic mass is 10.2. The average Bonchev–Trinajstić information content (AvgIpc) is 2.27. The zero-order valence-electron chi connectivity index (χ0n) is 8.15. The number of carbonyl (C=O) groups is 1. The van der Waals surface area contributed by atoms with Gasteiger partial charge in [-0.25, -0.2) is 4.79 Å². The molecule has 1 atom stereocenters. The Kier molecular flexibility index (Phi) is 4.08. The van der Waals surface area contributed by atoms with E-state index in [0.29, 0.717) is 0 Å². The molecule has 1 aromatic rings. The summed E-state index contributed by atoms with van der Waals surface area (Å²) in [5.74, 6) is -0.712. The van der Waals surface area contributed by atoms with E-state index in [-0.39, 0.29) is 13.2 Å². The Morgan fingerprint density at radius 1 is 1.40 bits per heavy atom. The lowest BCUT2D eigenvalue weighted by Gasteiger charge is -2.17. The normalized spacial score (nSPS) is 14.3. The first-order chi connectivity index (χ1) is 7.06. The molecule has 5 heteroatoms. The lowest BCUT2D eigenvalue weighted by Crippen LogP contribution is -2.49. The minimum Gasteiger partial charge on any atom is -0.458 e. The fourth-order valence-electron chi connectivity index (χ4n) is 0.926. The number of carbonyl (C=O) groups excluding carboxylic acids is 1. The Hall–Kier alpha value is -1.10. The molecule has 0 aliphatic carbocycles. The highest BCUT2D eigenvalue weighted by molar-refractivity contribution is 6.33. The Morgan fingerprint density at radius 3 is 2.53 bits per heavy atom. The number of hydrogen-bond donors (Lipinski definition) is 2. The third-order valence-electron chi connectivity index (χ3n) is 1.85. The van der Waals surface area contributed by atoms with Crippen LogP contribution in [0.25, 0.3) is 0 Å². The second-order valence-electron chi connectivity index (χ2n) is 3.13. The van der Waals surface area contributed by atoms with Crippen LogP contribution >= 0.6 is 11.6 Å². The number of halogens is 1. The number of alkyl halides is 1. The van der Waals surface area contributed by atoms with Crippen LogP contribution in [0.1, 0.15) is 5.56 Å². The molecule has 0 saturated carbocycles. The van der Waals surface area contributed by atoms with Crippen molar-refractivity contribution >= 4 is 17.6 Å². The summed E-state index contributed by atoms with van der Waals surface area (Å²) in [6.45, 7) is -0.0203. The summed E-state index contributed by atoms with van der Waals surface area (Å²) >= 11 is 5.62. The van der Waals surface area contributed by atoms with Crippen LogP contribution in [-0.4, -0.2) is 17.5 Å². The molecular formula is C10H13ClN2O2. The lowest BCUT2D eigenvalue weighted by molar-refractivity contribution is -0.147. The fraction of sp³-hybridized carbons (Fsp3) is 0.300. The van der Waals surface area contributed by atoms with Crippen LogP contribution in [0.2, 0.25) is 0 Å². The first-order valence-electron chi connectivity index (χ1n) is 4.45. The molecule has 1 rings (SSSR count). The van der Waals surface area contributed by atoms with Crippen molar-refractivity contribution in [3.63, 3.8) is 0 Å². The zero-order chi connectivity index (χ0) is 11.3. The van der Waals surface area contributed by atoms with E-state index in [1.165, 1.54) is 0 Å². The van der Waals surface area contributed by atoms with Gasteiger partial charge in [0, 0.05) is 6.54 Å². The average molecular weight is 229 g/mol. The summed E-state index contributed by atoms with van der Waals surface area (Å²) < 4.78 is 4.91. The number of nitrogens with two attached hydrogens (primary N) is 2. The molecule has 4 nitrogen and oxygen atoms in total. The summed E-state index contributed by atoms with van der Waals surface area (Å²) in [6, 6.07) is 9.25. The van der Waals surface area contributed by atoms with Gasteiger partial charge in [-0.1, -0.05) is 41.9 Å². The van der Waals surface area contributed by atoms with E-state index in [9.17, 15) is 4.79 Å². The third-order valence-corrected chi connectivity index (χ3v) is 2.16. The molecule has 0 aliphatic heterocycles. The van der Waals surface area contributed by atoms with Gasteiger partial charge in [-0.2, -0.15) is 0 Å². The molecule has 1 aromatic carbocycles. The Morgan fingerprint density at radius 2 is 2.00 bits per heavy atom. The predicted octanol–water partition coefficient (Wildman–Crippen LogP) is 0.582. The molecule has 0 bridgehead atoms. The van der Waals surface area contributed by atoms with E-state index in [1.54, 1.807) is 0 Å². The zero-order valence-corrected chi connectivity index (χ0v) is 8.91. The van der Waals surface area contributed by atoms with Crippen molar-refractivity contribution < 1.29 is 9.53 Å². The smallest absolute Gasteiger partial charge is 0.343 e. The predicted molar refractivity (Wildman–Crippen MR) is 58.1 cm³/mol. The summed E-state index contributed by atoms with van der Waals surface area (Å²) in [5, 5.41) is 0. The van der Waals surface area contributed by atoms with Gasteiger partial charge in [-0.05, 0) is 5.56 Å². The molecule has 1 unspecified atom stereocenters. The van der Waals surface area contributed by atoms with Gasteiger partial charge in [0.25, 0.3) is 0 Å². The van der Waals surface area contributed by atoms with Gasteiger partial charge >= 0.3 is 5.97 Å². The number of rotatable bonds is 4. The molecule has 0 aromatic heterocycles. The van der Waals surface area contributed by atoms with E-state index < -0.39 is 11.0 Å². The van der Waals surface area contributed by atoms with Crippen molar-refractivity contribution in [3.8, 4) is 0 Å². The largest absolute Gasteiger partial charge is 0.458 e. The summed E-state index contributed by atoms with van der Waals surface area (Å²) in [6.07, 6.45) is 0. The minimum atomic E-state index is -1.63. The maximum atomic E-state index is 11.3. The van der Waals surface area contributed by atoms with Crippen LogP contribution in [0.4, 0.5) is 0 Å². The highest BCUT2D eigenvalue weighted by Crippen LogP contribution is 2.09. The van der Waals surface area contributed by atoms with E-state index in [4.69, 9.17) is 27.8 Å². The highest BCUT2D eigenvalue weighted by atomic mass is 35.5. The minimum absolute atomic E-state index is 0.144. The summed E-state index contributed by atoms with van der Waals surface area (Å²) in [5.41, 5.74) is 11.5. The van der Waals surface area contributed by atoms with E-state index in [0.717, 1.165) is 5.56 Å². The molecule has 0 saturated heterocycles. The van der Waals surface area contributed by atoms with Crippen LogP contribution in [0.15, 0.2) is 30.3 Å². The molecule has 0 amide bonds. The molecule has 0 heterocycles. The van der Waals surface area contributed by atoms with E-state index in [2.05, 4.69) is 0 Å². The standard InChI is InChI=1S/C10H13ClN2O2/c11-10(13,7-12)9(14)15-6-8-4-2-1-3-5-8/h1-5H,6-7,12-13H2. The second-order valence-corrected chi connectivity index (χ2v) is 3.80. The summed E-state index contributed by atoms with van der Waals surface area (Å²) in [4.78, 5) is 9.68. The molecule has 0 radical (unpaired) electrons. The topological polar surface area (TPSA) is 78.3 Å².